The van der Waals surface area contributed by atoms with E-state index in [1.54, 1.807) is 31.2 Å². The molecule has 0 spiro atoms. The second-order valence-corrected chi connectivity index (χ2v) is 10.7. The van der Waals surface area contributed by atoms with Gasteiger partial charge in [0.05, 0.1) is 16.6 Å². The summed E-state index contributed by atoms with van der Waals surface area (Å²) in [6.07, 6.45) is 5.39. The van der Waals surface area contributed by atoms with Crippen molar-refractivity contribution < 1.29 is 13.2 Å². The van der Waals surface area contributed by atoms with Crippen LogP contribution in [0, 0.1) is 13.8 Å². The molecule has 0 unspecified atom stereocenters. The van der Waals surface area contributed by atoms with Gasteiger partial charge in [-0.1, -0.05) is 49.4 Å². The molecule has 5 nitrogen and oxygen atoms in total. The van der Waals surface area contributed by atoms with Gasteiger partial charge in [-0.25, -0.2) is 8.42 Å². The molecular formula is C28H32N2O3S. The summed E-state index contributed by atoms with van der Waals surface area (Å²) >= 11 is 0. The molecule has 0 bridgehead atoms. The van der Waals surface area contributed by atoms with Gasteiger partial charge in [-0.2, -0.15) is 0 Å². The maximum Gasteiger partial charge on any atom is 0.262 e. The van der Waals surface area contributed by atoms with Crippen molar-refractivity contribution in [3.05, 3.63) is 94.0 Å². The molecule has 34 heavy (non-hydrogen) atoms. The van der Waals surface area contributed by atoms with Crippen LogP contribution >= 0.6 is 0 Å². The minimum absolute atomic E-state index is 0.102. The van der Waals surface area contributed by atoms with Gasteiger partial charge in [-0.05, 0) is 92.0 Å². The van der Waals surface area contributed by atoms with E-state index in [-0.39, 0.29) is 16.8 Å². The molecule has 6 heteroatoms. The van der Waals surface area contributed by atoms with Crippen molar-refractivity contribution in [2.24, 2.45) is 0 Å². The summed E-state index contributed by atoms with van der Waals surface area (Å²) in [5, 5.41) is 3.11. The molecule has 178 valence electrons. The molecule has 3 aromatic carbocycles. The van der Waals surface area contributed by atoms with Crippen LogP contribution < -0.4 is 10.0 Å². The zero-order valence-electron chi connectivity index (χ0n) is 20.0. The summed E-state index contributed by atoms with van der Waals surface area (Å²) in [5.74, 6) is -0.281. The predicted molar refractivity (Wildman–Crippen MR) is 137 cm³/mol. The lowest BCUT2D eigenvalue weighted by atomic mass is 9.88. The number of hydrogen-bond donors (Lipinski definition) is 2. The number of hydrogen-bond acceptors (Lipinski definition) is 3. The fourth-order valence-electron chi connectivity index (χ4n) is 4.55. The standard InChI is InChI=1S/C28H32N2O3S/c1-4-25(23-16-15-21-10-6-7-11-22(21)17-23)29-28(31)24-14-13-20(3)27(18-24)34(32,33)30-26-12-8-5-9-19(26)2/h5,8-9,12-18,25,30H,4,6-7,10-11H2,1-3H3,(H,29,31)/t25-/m0/s1. The van der Waals surface area contributed by atoms with Crippen LogP contribution in [0.15, 0.2) is 65.6 Å². The van der Waals surface area contributed by atoms with Gasteiger partial charge in [0.25, 0.3) is 15.9 Å². The molecular weight excluding hydrogens is 444 g/mol. The van der Waals surface area contributed by atoms with Crippen LogP contribution in [0.3, 0.4) is 0 Å². The van der Waals surface area contributed by atoms with Gasteiger partial charge in [0.1, 0.15) is 0 Å². The van der Waals surface area contributed by atoms with Crippen LogP contribution in [0.5, 0.6) is 0 Å². The Hall–Kier alpha value is -3.12. The quantitative estimate of drug-likeness (QED) is 0.448. The molecule has 4 rings (SSSR count). The first-order chi connectivity index (χ1) is 16.3. The maximum absolute atomic E-state index is 13.2. The number of para-hydroxylation sites is 1. The number of rotatable bonds is 7. The van der Waals surface area contributed by atoms with Crippen LogP contribution in [-0.4, -0.2) is 14.3 Å². The minimum atomic E-state index is -3.85. The van der Waals surface area contributed by atoms with Crippen LogP contribution in [0.4, 0.5) is 5.69 Å². The Bertz CT molecular complexity index is 1310. The van der Waals surface area contributed by atoms with E-state index < -0.39 is 10.0 Å². The molecule has 0 heterocycles. The maximum atomic E-state index is 13.2. The second-order valence-electron chi connectivity index (χ2n) is 9.07. The highest BCUT2D eigenvalue weighted by Gasteiger charge is 2.22. The molecule has 0 saturated carbocycles. The lowest BCUT2D eigenvalue weighted by Gasteiger charge is -2.22. The molecule has 0 saturated heterocycles. The Morgan fingerprint density at radius 2 is 1.65 bits per heavy atom. The van der Waals surface area contributed by atoms with Gasteiger partial charge in [0.2, 0.25) is 0 Å². The highest BCUT2D eigenvalue weighted by molar-refractivity contribution is 7.92. The summed E-state index contributed by atoms with van der Waals surface area (Å²) in [4.78, 5) is 13.3. The highest BCUT2D eigenvalue weighted by Crippen LogP contribution is 2.27. The monoisotopic (exact) mass is 476 g/mol. The van der Waals surface area contributed by atoms with Crippen molar-refractivity contribution in [1.82, 2.24) is 5.32 Å². The number of carbonyl (C=O) groups excluding carboxylic acids is 1. The molecule has 1 atom stereocenters. The lowest BCUT2D eigenvalue weighted by molar-refractivity contribution is 0.0935. The first-order valence-electron chi connectivity index (χ1n) is 11.9. The van der Waals surface area contributed by atoms with Crippen LogP contribution in [0.2, 0.25) is 0 Å². The Kier molecular flexibility index (Phi) is 7.08. The summed E-state index contributed by atoms with van der Waals surface area (Å²) < 4.78 is 28.9. The SMILES string of the molecule is CC[C@H](NC(=O)c1ccc(C)c(S(=O)(=O)Nc2ccccc2C)c1)c1ccc2c(c1)CCCC2. The number of carbonyl (C=O) groups is 1. The Morgan fingerprint density at radius 3 is 2.38 bits per heavy atom. The summed E-state index contributed by atoms with van der Waals surface area (Å²) in [6.45, 7) is 5.62. The fourth-order valence-corrected chi connectivity index (χ4v) is 5.95. The van der Waals surface area contributed by atoms with Crippen LogP contribution in [0.1, 0.15) is 70.4 Å². The number of benzene rings is 3. The number of fused-ring (bicyclic) bond motifs is 1. The fraction of sp³-hybridized carbons (Fsp3) is 0.321. The topological polar surface area (TPSA) is 75.3 Å². The van der Waals surface area contributed by atoms with Gasteiger partial charge >= 0.3 is 0 Å². The van der Waals surface area contributed by atoms with E-state index in [2.05, 4.69) is 28.2 Å². The van der Waals surface area contributed by atoms with E-state index >= 15 is 0 Å². The van der Waals surface area contributed by atoms with Crippen molar-refractivity contribution in [3.8, 4) is 0 Å². The van der Waals surface area contributed by atoms with E-state index in [4.69, 9.17) is 0 Å². The summed E-state index contributed by atoms with van der Waals surface area (Å²) in [7, 11) is -3.85. The summed E-state index contributed by atoms with van der Waals surface area (Å²) in [6, 6.07) is 18.4. The highest BCUT2D eigenvalue weighted by atomic mass is 32.2. The molecule has 0 aliphatic heterocycles. The second kappa shape index (κ2) is 10.0. The Morgan fingerprint density at radius 1 is 0.912 bits per heavy atom. The molecule has 3 aromatic rings. The third-order valence-electron chi connectivity index (χ3n) is 6.62. The molecule has 2 N–H and O–H groups in total. The van der Waals surface area contributed by atoms with E-state index in [1.807, 2.05) is 26.0 Å². The Balaban J connectivity index is 1.57. The molecule has 1 amide bonds. The van der Waals surface area contributed by atoms with Crippen molar-refractivity contribution in [2.45, 2.75) is 63.8 Å². The van der Waals surface area contributed by atoms with E-state index in [9.17, 15) is 13.2 Å². The van der Waals surface area contributed by atoms with Gasteiger partial charge < -0.3 is 5.32 Å². The van der Waals surface area contributed by atoms with Crippen molar-refractivity contribution in [1.29, 1.82) is 0 Å². The number of anilines is 1. The third-order valence-corrected chi connectivity index (χ3v) is 8.13. The number of amides is 1. The van der Waals surface area contributed by atoms with Crippen LogP contribution in [-0.2, 0) is 22.9 Å². The molecule has 1 aliphatic carbocycles. The van der Waals surface area contributed by atoms with E-state index in [1.165, 1.54) is 30.0 Å². The number of aryl methyl sites for hydroxylation is 4. The number of nitrogens with one attached hydrogen (secondary N) is 2. The molecule has 0 radical (unpaired) electrons. The molecule has 0 aromatic heterocycles. The predicted octanol–water partition coefficient (Wildman–Crippen LogP) is 5.86. The largest absolute Gasteiger partial charge is 0.345 e. The first kappa shape index (κ1) is 24.0. The minimum Gasteiger partial charge on any atom is -0.345 e. The van der Waals surface area contributed by atoms with Gasteiger partial charge in [-0.3, -0.25) is 9.52 Å². The smallest absolute Gasteiger partial charge is 0.262 e. The van der Waals surface area contributed by atoms with Gasteiger partial charge in [0.15, 0.2) is 0 Å². The molecule has 1 aliphatic rings. The van der Waals surface area contributed by atoms with E-state index in [0.717, 1.165) is 30.4 Å². The van der Waals surface area contributed by atoms with E-state index in [0.29, 0.717) is 16.8 Å². The summed E-state index contributed by atoms with van der Waals surface area (Å²) in [5.41, 5.74) is 6.14. The van der Waals surface area contributed by atoms with Gasteiger partial charge in [0, 0.05) is 5.56 Å². The molecule has 0 fully saturated rings. The van der Waals surface area contributed by atoms with Gasteiger partial charge in [-0.15, -0.1) is 0 Å². The number of sulfonamides is 1. The normalized spacial score (nSPS) is 14.2. The zero-order valence-corrected chi connectivity index (χ0v) is 20.8. The first-order valence-corrected chi connectivity index (χ1v) is 13.4. The third kappa shape index (κ3) is 5.17. The van der Waals surface area contributed by atoms with Crippen molar-refractivity contribution >= 4 is 21.6 Å². The van der Waals surface area contributed by atoms with Crippen molar-refractivity contribution in [3.63, 3.8) is 0 Å². The average Bonchev–Trinajstić information content (AvgIpc) is 2.83. The lowest BCUT2D eigenvalue weighted by Crippen LogP contribution is -2.28. The average molecular weight is 477 g/mol. The Labute approximate surface area is 202 Å². The van der Waals surface area contributed by atoms with Crippen molar-refractivity contribution in [2.75, 3.05) is 4.72 Å². The zero-order chi connectivity index (χ0) is 24.3. The van der Waals surface area contributed by atoms with Crippen LogP contribution in [0.25, 0.3) is 0 Å².